The molecule has 4 fully saturated rings. The number of hydrogen-bond donors (Lipinski definition) is 1. The van der Waals surface area contributed by atoms with E-state index in [1.807, 2.05) is 54.6 Å². The first-order valence-corrected chi connectivity index (χ1v) is 22.1. The molecule has 0 spiro atoms. The van der Waals surface area contributed by atoms with Crippen molar-refractivity contribution in [1.82, 2.24) is 28.9 Å². The van der Waals surface area contributed by atoms with Gasteiger partial charge in [0.05, 0.1) is 30.9 Å². The monoisotopic (exact) mass is 804 g/mol. The van der Waals surface area contributed by atoms with Crippen molar-refractivity contribution >= 4 is 33.3 Å². The van der Waals surface area contributed by atoms with Crippen LogP contribution in [0.4, 0.5) is 11.4 Å². The van der Waals surface area contributed by atoms with Crippen LogP contribution in [0.5, 0.6) is 0 Å². The second-order valence-electron chi connectivity index (χ2n) is 15.1. The molecule has 4 aromatic rings. The Hall–Kier alpha value is -4.83. The van der Waals surface area contributed by atoms with Crippen LogP contribution in [0, 0.1) is 11.8 Å². The third kappa shape index (κ3) is 11.6. The van der Waals surface area contributed by atoms with Crippen molar-refractivity contribution < 1.29 is 32.6 Å². The lowest BCUT2D eigenvalue weighted by atomic mass is 9.96. The molecule has 308 valence electrons. The van der Waals surface area contributed by atoms with Gasteiger partial charge in [-0.1, -0.05) is 0 Å². The molecule has 0 atom stereocenters. The molecule has 2 aliphatic heterocycles. The van der Waals surface area contributed by atoms with Crippen LogP contribution in [-0.2, 0) is 26.0 Å². The molecular weight excluding hydrogens is 749 g/mol. The molecule has 0 unspecified atom stereocenters. The zero-order chi connectivity index (χ0) is 40.4. The van der Waals surface area contributed by atoms with E-state index in [0.29, 0.717) is 42.4 Å². The Balaban J connectivity index is 0.000000154. The standard InChI is InChI=1S/C20H26N4O2.C11H16N2O.C10H14N2O4S/c1-2-26-20(25)19-13-18(16-3-4-16)22-24(19)14-15-7-11-23(12-8-15)17-5-9-21-10-6-17;14-9-10-3-7-13(8-4-10)11-1-5-12-6-2-11;1-3-16-10(13)9-6-8(7-4-5-7)11-12(9)17(2,14)15/h5-6,9-10,13,15-16H,2-4,7-8,11-12,14H2,1H3;1-2,5-6,10,14H,3-4,7-9H2;6-7H,3-5H2,1-2H3. The van der Waals surface area contributed by atoms with E-state index in [-0.39, 0.29) is 24.2 Å². The van der Waals surface area contributed by atoms with Gasteiger partial charge in [-0.05, 0) is 113 Å². The first-order chi connectivity index (χ1) is 27.6. The lowest BCUT2D eigenvalue weighted by Crippen LogP contribution is -2.35. The Kier molecular flexibility index (Phi) is 14.3. The van der Waals surface area contributed by atoms with Crippen molar-refractivity contribution in [1.29, 1.82) is 0 Å². The summed E-state index contributed by atoms with van der Waals surface area (Å²) in [4.78, 5) is 36.8. The van der Waals surface area contributed by atoms with Crippen molar-refractivity contribution in [3.8, 4) is 0 Å². The minimum Gasteiger partial charge on any atom is -0.461 e. The summed E-state index contributed by atoms with van der Waals surface area (Å²) < 4.78 is 35.7. The molecule has 2 saturated heterocycles. The van der Waals surface area contributed by atoms with Crippen LogP contribution >= 0.6 is 0 Å². The van der Waals surface area contributed by atoms with Gasteiger partial charge in [0.15, 0.2) is 5.69 Å². The second kappa shape index (κ2) is 19.5. The molecule has 0 amide bonds. The summed E-state index contributed by atoms with van der Waals surface area (Å²) in [6.07, 6.45) is 17.1. The van der Waals surface area contributed by atoms with Crippen LogP contribution in [0.2, 0.25) is 0 Å². The number of nitrogens with zero attached hydrogens (tertiary/aromatic N) is 8. The highest BCUT2D eigenvalue weighted by Gasteiger charge is 2.32. The van der Waals surface area contributed by atoms with E-state index in [2.05, 4.69) is 37.0 Å². The molecule has 6 heterocycles. The van der Waals surface area contributed by atoms with E-state index in [9.17, 15) is 18.0 Å². The Bertz CT molecular complexity index is 2000. The number of carbonyl (C=O) groups is 2. The zero-order valence-electron chi connectivity index (χ0n) is 33.3. The number of aromatic nitrogens is 6. The van der Waals surface area contributed by atoms with Gasteiger partial charge in [0.2, 0.25) is 0 Å². The topological polar surface area (TPSA) is 175 Å². The molecule has 8 rings (SSSR count). The minimum atomic E-state index is -3.58. The molecule has 4 aromatic heterocycles. The van der Waals surface area contributed by atoms with Gasteiger partial charge in [-0.25, -0.2) is 18.0 Å². The largest absolute Gasteiger partial charge is 0.461 e. The van der Waals surface area contributed by atoms with E-state index in [4.69, 9.17) is 19.7 Å². The third-order valence-electron chi connectivity index (χ3n) is 10.7. The van der Waals surface area contributed by atoms with Gasteiger partial charge in [0, 0.05) is 87.3 Å². The van der Waals surface area contributed by atoms with E-state index >= 15 is 0 Å². The molecule has 0 bridgehead atoms. The van der Waals surface area contributed by atoms with E-state index < -0.39 is 16.0 Å². The highest BCUT2D eigenvalue weighted by molar-refractivity contribution is 7.89. The van der Waals surface area contributed by atoms with Crippen LogP contribution in [0.25, 0.3) is 0 Å². The molecule has 2 aliphatic carbocycles. The maximum Gasteiger partial charge on any atom is 0.357 e. The number of ether oxygens (including phenoxy) is 2. The highest BCUT2D eigenvalue weighted by Crippen LogP contribution is 2.40. The van der Waals surface area contributed by atoms with E-state index in [1.54, 1.807) is 6.92 Å². The van der Waals surface area contributed by atoms with Crippen LogP contribution in [-0.4, -0.2) is 107 Å². The summed E-state index contributed by atoms with van der Waals surface area (Å²) in [5.74, 6) is 0.962. The average Bonchev–Trinajstić information content (AvgIpc) is 4.18. The zero-order valence-corrected chi connectivity index (χ0v) is 34.1. The number of anilines is 2. The summed E-state index contributed by atoms with van der Waals surface area (Å²) in [6, 6.07) is 11.7. The summed E-state index contributed by atoms with van der Waals surface area (Å²) in [6.45, 7) is 9.40. The lowest BCUT2D eigenvalue weighted by Gasteiger charge is -2.33. The Morgan fingerprint density at radius 2 is 1.12 bits per heavy atom. The van der Waals surface area contributed by atoms with Crippen molar-refractivity contribution in [2.24, 2.45) is 11.8 Å². The SMILES string of the molecule is CCOC(=O)c1cc(C2CC2)nn1CC1CCN(c2ccncc2)CC1.CCOC(=O)c1cc(C2CC2)nn1S(C)(=O)=O.OCC1CCN(c2ccncc2)CC1. The number of aliphatic hydroxyl groups is 1. The first kappa shape index (κ1) is 41.8. The van der Waals surface area contributed by atoms with Crippen molar-refractivity contribution in [2.75, 3.05) is 62.1 Å². The van der Waals surface area contributed by atoms with Crippen molar-refractivity contribution in [3.63, 3.8) is 0 Å². The van der Waals surface area contributed by atoms with Crippen LogP contribution in [0.15, 0.2) is 61.2 Å². The summed E-state index contributed by atoms with van der Waals surface area (Å²) in [7, 11) is -3.58. The minimum absolute atomic E-state index is 0.0174. The average molecular weight is 805 g/mol. The fraction of sp³-hybridized carbons (Fsp3) is 0.561. The van der Waals surface area contributed by atoms with Crippen LogP contribution in [0.1, 0.15) is 109 Å². The van der Waals surface area contributed by atoms with E-state index in [1.165, 1.54) is 30.3 Å². The maximum absolute atomic E-state index is 12.3. The van der Waals surface area contributed by atoms with Gasteiger partial charge in [0.25, 0.3) is 10.0 Å². The molecule has 2 saturated carbocycles. The summed E-state index contributed by atoms with van der Waals surface area (Å²) >= 11 is 0. The molecule has 1 N–H and O–H groups in total. The quantitative estimate of drug-likeness (QED) is 0.183. The third-order valence-corrected chi connectivity index (χ3v) is 11.7. The summed E-state index contributed by atoms with van der Waals surface area (Å²) in [5, 5.41) is 17.7. The fourth-order valence-electron chi connectivity index (χ4n) is 7.18. The van der Waals surface area contributed by atoms with Gasteiger partial charge in [-0.15, -0.1) is 0 Å². The Morgan fingerprint density at radius 3 is 1.56 bits per heavy atom. The molecule has 15 nitrogen and oxygen atoms in total. The summed E-state index contributed by atoms with van der Waals surface area (Å²) in [5.41, 5.74) is 4.79. The number of carbonyl (C=O) groups excluding carboxylic acids is 2. The second-order valence-corrected chi connectivity index (χ2v) is 17.0. The number of aliphatic hydroxyl groups excluding tert-OH is 1. The van der Waals surface area contributed by atoms with Gasteiger partial charge < -0.3 is 24.4 Å². The van der Waals surface area contributed by atoms with Crippen LogP contribution < -0.4 is 9.80 Å². The van der Waals surface area contributed by atoms with E-state index in [0.717, 1.165) is 87.3 Å². The number of esters is 2. The molecule has 0 radical (unpaired) electrons. The lowest BCUT2D eigenvalue weighted by molar-refractivity contribution is 0.0503. The fourth-order valence-corrected chi connectivity index (χ4v) is 7.91. The van der Waals surface area contributed by atoms with Crippen LogP contribution in [0.3, 0.4) is 0 Å². The molecule has 0 aromatic carbocycles. The maximum atomic E-state index is 12.3. The highest BCUT2D eigenvalue weighted by atomic mass is 32.2. The smallest absolute Gasteiger partial charge is 0.357 e. The Morgan fingerprint density at radius 1 is 0.684 bits per heavy atom. The predicted octanol–water partition coefficient (Wildman–Crippen LogP) is 5.28. The molecular formula is C41H56N8O7S. The van der Waals surface area contributed by atoms with Gasteiger partial charge in [-0.2, -0.15) is 14.3 Å². The first-order valence-electron chi connectivity index (χ1n) is 20.2. The molecule has 16 heteroatoms. The van der Waals surface area contributed by atoms with Gasteiger partial charge >= 0.3 is 11.9 Å². The van der Waals surface area contributed by atoms with Crippen molar-refractivity contribution in [2.45, 2.75) is 83.6 Å². The predicted molar refractivity (Wildman–Crippen MR) is 216 cm³/mol. The number of pyridine rings is 2. The van der Waals surface area contributed by atoms with Gasteiger partial charge in [-0.3, -0.25) is 14.6 Å². The van der Waals surface area contributed by atoms with Crippen molar-refractivity contribution in [3.05, 3.63) is 84.0 Å². The normalized spacial score (nSPS) is 17.5. The Labute approximate surface area is 335 Å². The number of rotatable bonds is 12. The molecule has 4 aliphatic rings. The molecule has 57 heavy (non-hydrogen) atoms. The number of piperidine rings is 2. The van der Waals surface area contributed by atoms with Gasteiger partial charge in [0.1, 0.15) is 5.69 Å². The number of hydrogen-bond acceptors (Lipinski definition) is 13.